The summed E-state index contributed by atoms with van der Waals surface area (Å²) in [4.78, 5) is 0.365. The number of nitrogens with zero attached hydrogens (tertiary/aromatic N) is 4. The molecule has 0 spiro atoms. The summed E-state index contributed by atoms with van der Waals surface area (Å²) in [5.74, 6) is 0. The highest BCUT2D eigenvalue weighted by Crippen LogP contribution is 2.26. The van der Waals surface area contributed by atoms with Crippen molar-refractivity contribution < 1.29 is 8.42 Å². The van der Waals surface area contributed by atoms with Crippen molar-refractivity contribution in [1.82, 2.24) is 19.3 Å². The Labute approximate surface area is 137 Å². The van der Waals surface area contributed by atoms with Crippen molar-refractivity contribution in [3.8, 4) is 0 Å². The van der Waals surface area contributed by atoms with Crippen LogP contribution in [0.2, 0.25) is 0 Å². The van der Waals surface area contributed by atoms with Gasteiger partial charge in [0.15, 0.2) is 0 Å². The van der Waals surface area contributed by atoms with E-state index in [1.165, 1.54) is 0 Å². The van der Waals surface area contributed by atoms with Gasteiger partial charge in [-0.2, -0.15) is 4.31 Å². The van der Waals surface area contributed by atoms with E-state index in [-0.39, 0.29) is 6.04 Å². The zero-order valence-corrected chi connectivity index (χ0v) is 14.1. The fourth-order valence-electron chi connectivity index (χ4n) is 2.95. The summed E-state index contributed by atoms with van der Waals surface area (Å²) < 4.78 is 28.7. The van der Waals surface area contributed by atoms with Gasteiger partial charge in [0.05, 0.1) is 16.6 Å². The van der Waals surface area contributed by atoms with E-state index in [0.717, 1.165) is 31.4 Å². The first-order chi connectivity index (χ1) is 11.1. The largest absolute Gasteiger partial charge is 0.249 e. The Bertz CT molecular complexity index is 734. The number of benzene rings is 1. The van der Waals surface area contributed by atoms with Gasteiger partial charge in [-0.3, -0.25) is 0 Å². The number of aryl methyl sites for hydroxylation is 1. The number of sulfonamides is 1. The molecule has 0 N–H and O–H groups in total. The van der Waals surface area contributed by atoms with Crippen molar-refractivity contribution in [1.29, 1.82) is 0 Å². The third-order valence-corrected chi connectivity index (χ3v) is 6.16. The normalized spacial score (nSPS) is 17.4. The summed E-state index contributed by atoms with van der Waals surface area (Å²) >= 11 is 0. The van der Waals surface area contributed by atoms with E-state index in [0.29, 0.717) is 18.0 Å². The summed E-state index contributed by atoms with van der Waals surface area (Å²) in [5.41, 5.74) is 1.01. The summed E-state index contributed by atoms with van der Waals surface area (Å²) in [6.45, 7) is 3.15. The van der Waals surface area contributed by atoms with Crippen molar-refractivity contribution in [2.24, 2.45) is 0 Å². The van der Waals surface area contributed by atoms with Gasteiger partial charge >= 0.3 is 0 Å². The van der Waals surface area contributed by atoms with E-state index in [2.05, 4.69) is 17.2 Å². The molecule has 6 nitrogen and oxygen atoms in total. The summed E-state index contributed by atoms with van der Waals surface area (Å²) in [6.07, 6.45) is 5.51. The molecular formula is C16H22N4O2S. The molecule has 0 radical (unpaired) electrons. The number of hydrogen-bond donors (Lipinski definition) is 0. The molecule has 7 heteroatoms. The molecule has 3 rings (SSSR count). The quantitative estimate of drug-likeness (QED) is 0.841. The van der Waals surface area contributed by atoms with Gasteiger partial charge in [-0.05, 0) is 31.4 Å². The lowest BCUT2D eigenvalue weighted by Crippen LogP contribution is -2.39. The predicted molar refractivity (Wildman–Crippen MR) is 87.5 cm³/mol. The maximum Gasteiger partial charge on any atom is 0.243 e. The summed E-state index contributed by atoms with van der Waals surface area (Å²) in [5, 5.41) is 8.38. The van der Waals surface area contributed by atoms with Crippen LogP contribution >= 0.6 is 0 Å². The first-order valence-corrected chi connectivity index (χ1v) is 9.51. The lowest BCUT2D eigenvalue weighted by molar-refractivity contribution is 0.258. The first-order valence-electron chi connectivity index (χ1n) is 8.07. The van der Waals surface area contributed by atoms with Crippen molar-refractivity contribution in [3.63, 3.8) is 0 Å². The molecule has 0 saturated carbocycles. The average molecular weight is 334 g/mol. The second-order valence-corrected chi connectivity index (χ2v) is 7.83. The molecular weight excluding hydrogens is 312 g/mol. The van der Waals surface area contributed by atoms with Gasteiger partial charge in [0, 0.05) is 19.3 Å². The van der Waals surface area contributed by atoms with Crippen LogP contribution in [0.1, 0.15) is 37.9 Å². The Morgan fingerprint density at radius 1 is 1.17 bits per heavy atom. The first kappa shape index (κ1) is 16.1. The van der Waals surface area contributed by atoms with Crippen molar-refractivity contribution in [3.05, 3.63) is 42.2 Å². The Morgan fingerprint density at radius 3 is 2.52 bits per heavy atom. The minimum absolute atomic E-state index is 0.232. The minimum Gasteiger partial charge on any atom is -0.249 e. The lowest BCUT2D eigenvalue weighted by Gasteiger charge is -2.31. The fourth-order valence-corrected chi connectivity index (χ4v) is 4.44. The van der Waals surface area contributed by atoms with Gasteiger partial charge in [0.2, 0.25) is 10.0 Å². The van der Waals surface area contributed by atoms with Crippen molar-refractivity contribution >= 4 is 10.0 Å². The molecule has 1 aromatic carbocycles. The highest BCUT2D eigenvalue weighted by Gasteiger charge is 2.30. The third-order valence-electron chi connectivity index (χ3n) is 4.24. The van der Waals surface area contributed by atoms with Gasteiger partial charge in [-0.25, -0.2) is 13.1 Å². The van der Waals surface area contributed by atoms with Crippen LogP contribution < -0.4 is 0 Å². The molecule has 124 valence electrons. The van der Waals surface area contributed by atoms with Crippen LogP contribution in [0.3, 0.4) is 0 Å². The maximum absolute atomic E-state index is 12.6. The zero-order valence-electron chi connectivity index (χ0n) is 13.3. The molecule has 2 aromatic rings. The van der Waals surface area contributed by atoms with Crippen LogP contribution in [0.25, 0.3) is 0 Å². The van der Waals surface area contributed by atoms with E-state index in [1.54, 1.807) is 28.6 Å². The molecule has 1 saturated heterocycles. The van der Waals surface area contributed by atoms with Crippen molar-refractivity contribution in [2.75, 3.05) is 13.1 Å². The second-order valence-electron chi connectivity index (χ2n) is 5.89. The Balaban J connectivity index is 1.66. The van der Waals surface area contributed by atoms with E-state index in [4.69, 9.17) is 0 Å². The van der Waals surface area contributed by atoms with E-state index < -0.39 is 10.0 Å². The van der Waals surface area contributed by atoms with Gasteiger partial charge in [-0.1, -0.05) is 36.8 Å². The molecule has 2 heterocycles. The van der Waals surface area contributed by atoms with Gasteiger partial charge in [0.1, 0.15) is 0 Å². The molecule has 1 aliphatic rings. The number of piperidine rings is 1. The van der Waals surface area contributed by atoms with Crippen LogP contribution in [0.5, 0.6) is 0 Å². The second kappa shape index (κ2) is 6.80. The molecule has 1 fully saturated rings. The van der Waals surface area contributed by atoms with Gasteiger partial charge in [0.25, 0.3) is 0 Å². The number of rotatable bonds is 5. The molecule has 0 bridgehead atoms. The van der Waals surface area contributed by atoms with Crippen LogP contribution in [0, 0.1) is 0 Å². The fraction of sp³-hybridized carbons (Fsp3) is 0.500. The molecule has 23 heavy (non-hydrogen) atoms. The predicted octanol–water partition coefficient (Wildman–Crippen LogP) is 2.26. The van der Waals surface area contributed by atoms with Crippen LogP contribution in [-0.4, -0.2) is 40.8 Å². The molecule has 0 unspecified atom stereocenters. The Hall–Kier alpha value is -1.73. The number of aromatic nitrogens is 3. The topological polar surface area (TPSA) is 68.1 Å². The van der Waals surface area contributed by atoms with Crippen LogP contribution in [0.15, 0.2) is 41.4 Å². The monoisotopic (exact) mass is 334 g/mol. The molecule has 1 aromatic heterocycles. The smallest absolute Gasteiger partial charge is 0.243 e. The number of hydrogen-bond acceptors (Lipinski definition) is 4. The molecule has 0 aliphatic carbocycles. The summed E-state index contributed by atoms with van der Waals surface area (Å²) in [7, 11) is -3.38. The Kier molecular flexibility index (Phi) is 4.77. The van der Waals surface area contributed by atoms with Gasteiger partial charge < -0.3 is 0 Å². The van der Waals surface area contributed by atoms with Crippen LogP contribution in [-0.2, 0) is 16.4 Å². The third kappa shape index (κ3) is 3.45. The van der Waals surface area contributed by atoms with E-state index >= 15 is 0 Å². The highest BCUT2D eigenvalue weighted by atomic mass is 32.2. The Morgan fingerprint density at radius 2 is 1.87 bits per heavy atom. The molecule has 1 aliphatic heterocycles. The average Bonchev–Trinajstić information content (AvgIpc) is 3.05. The van der Waals surface area contributed by atoms with E-state index in [9.17, 15) is 8.42 Å². The minimum atomic E-state index is -3.38. The molecule has 0 atom stereocenters. The highest BCUT2D eigenvalue weighted by molar-refractivity contribution is 7.89. The van der Waals surface area contributed by atoms with Crippen LogP contribution in [0.4, 0.5) is 0 Å². The van der Waals surface area contributed by atoms with Gasteiger partial charge in [-0.15, -0.1) is 5.10 Å². The lowest BCUT2D eigenvalue weighted by atomic mass is 10.1. The SMILES string of the molecule is CCCc1cn(C2CCN(S(=O)(=O)c3ccccc3)CC2)nn1. The zero-order chi connectivity index (χ0) is 16.3. The standard InChI is InChI=1S/C16H22N4O2S/c1-2-6-14-13-20(18-17-14)15-9-11-19(12-10-15)23(21,22)16-7-4-3-5-8-16/h3-5,7-8,13,15H,2,6,9-12H2,1H3. The molecule has 0 amide bonds. The maximum atomic E-state index is 12.6. The van der Waals surface area contributed by atoms with E-state index in [1.807, 2.05) is 16.9 Å². The van der Waals surface area contributed by atoms with Crippen molar-refractivity contribution in [2.45, 2.75) is 43.5 Å². The summed E-state index contributed by atoms with van der Waals surface area (Å²) in [6, 6.07) is 8.86.